The largest absolute Gasteiger partial charge is 0.366 e. The van der Waals surface area contributed by atoms with E-state index in [4.69, 9.17) is 0 Å². The van der Waals surface area contributed by atoms with E-state index in [1.54, 1.807) is 0 Å². The van der Waals surface area contributed by atoms with Gasteiger partial charge in [-0.15, -0.1) is 0 Å². The number of nitrogens with zero attached hydrogens (tertiary/aromatic N) is 2. The van der Waals surface area contributed by atoms with Crippen molar-refractivity contribution in [2.75, 3.05) is 11.4 Å². The van der Waals surface area contributed by atoms with Crippen molar-refractivity contribution < 1.29 is 0 Å². The van der Waals surface area contributed by atoms with Crippen molar-refractivity contribution in [1.82, 2.24) is 4.98 Å². The van der Waals surface area contributed by atoms with Crippen LogP contribution in [0.25, 0.3) is 0 Å². The van der Waals surface area contributed by atoms with Crippen LogP contribution in [0.15, 0.2) is 48.8 Å². The molecule has 0 spiro atoms. The number of anilines is 1. The number of pyridine rings is 1. The van der Waals surface area contributed by atoms with Crippen LogP contribution in [0.5, 0.6) is 0 Å². The first-order valence-corrected chi connectivity index (χ1v) is 6.40. The summed E-state index contributed by atoms with van der Waals surface area (Å²) in [5, 5.41) is 0. The zero-order chi connectivity index (χ0) is 12.6. The third kappa shape index (κ3) is 1.88. The molecule has 0 fully saturated rings. The van der Waals surface area contributed by atoms with Crippen molar-refractivity contribution in [3.63, 3.8) is 0 Å². The van der Waals surface area contributed by atoms with Gasteiger partial charge in [-0.05, 0) is 29.3 Å². The minimum Gasteiger partial charge on any atom is -0.366 e. The Balaban J connectivity index is 1.92. The van der Waals surface area contributed by atoms with E-state index in [9.17, 15) is 0 Å². The summed E-state index contributed by atoms with van der Waals surface area (Å²) in [7, 11) is 0. The number of fused-ring (bicyclic) bond motifs is 1. The third-order valence-corrected chi connectivity index (χ3v) is 3.68. The lowest BCUT2D eigenvalue weighted by Crippen LogP contribution is -2.28. The SMILES string of the molecule is CC1(C)CN(Cc2ccncc2)c2ccccc21. The van der Waals surface area contributed by atoms with E-state index in [0.717, 1.165) is 13.1 Å². The molecular weight excluding hydrogens is 220 g/mol. The molecule has 0 saturated heterocycles. The maximum absolute atomic E-state index is 4.07. The molecule has 2 nitrogen and oxygen atoms in total. The Bertz CT molecular complexity index is 546. The highest BCUT2D eigenvalue weighted by atomic mass is 15.2. The van der Waals surface area contributed by atoms with E-state index in [0.29, 0.717) is 0 Å². The van der Waals surface area contributed by atoms with Crippen LogP contribution in [0.2, 0.25) is 0 Å². The summed E-state index contributed by atoms with van der Waals surface area (Å²) in [6, 6.07) is 12.9. The zero-order valence-electron chi connectivity index (χ0n) is 10.9. The van der Waals surface area contributed by atoms with Crippen LogP contribution in [0.3, 0.4) is 0 Å². The molecule has 3 rings (SSSR count). The van der Waals surface area contributed by atoms with Crippen LogP contribution in [-0.4, -0.2) is 11.5 Å². The van der Waals surface area contributed by atoms with Crippen molar-refractivity contribution in [3.05, 3.63) is 59.9 Å². The molecular formula is C16H18N2. The van der Waals surface area contributed by atoms with E-state index in [2.05, 4.69) is 60.1 Å². The Morgan fingerprint density at radius 1 is 1.11 bits per heavy atom. The van der Waals surface area contributed by atoms with Crippen molar-refractivity contribution in [3.8, 4) is 0 Å². The molecule has 1 aromatic carbocycles. The summed E-state index contributed by atoms with van der Waals surface area (Å²) in [6.07, 6.45) is 3.73. The van der Waals surface area contributed by atoms with Crippen LogP contribution in [0.1, 0.15) is 25.0 Å². The Morgan fingerprint density at radius 3 is 2.61 bits per heavy atom. The highest BCUT2D eigenvalue weighted by Gasteiger charge is 2.34. The standard InChI is InChI=1S/C16H18N2/c1-16(2)12-18(11-13-7-9-17-10-8-13)15-6-4-3-5-14(15)16/h3-10H,11-12H2,1-2H3. The first-order valence-electron chi connectivity index (χ1n) is 6.40. The summed E-state index contributed by atoms with van der Waals surface area (Å²) < 4.78 is 0. The molecule has 1 aromatic heterocycles. The Kier molecular flexibility index (Phi) is 2.58. The summed E-state index contributed by atoms with van der Waals surface area (Å²) in [6.45, 7) is 6.67. The minimum atomic E-state index is 0.240. The summed E-state index contributed by atoms with van der Waals surface area (Å²) in [5.41, 5.74) is 4.39. The number of para-hydroxylation sites is 1. The van der Waals surface area contributed by atoms with E-state index in [1.807, 2.05) is 12.4 Å². The topological polar surface area (TPSA) is 16.1 Å². The van der Waals surface area contributed by atoms with Crippen molar-refractivity contribution in [2.24, 2.45) is 0 Å². The molecule has 92 valence electrons. The van der Waals surface area contributed by atoms with E-state index in [-0.39, 0.29) is 5.41 Å². The summed E-state index contributed by atoms with van der Waals surface area (Å²) in [4.78, 5) is 6.54. The van der Waals surface area contributed by atoms with Crippen molar-refractivity contribution >= 4 is 5.69 Å². The van der Waals surface area contributed by atoms with Gasteiger partial charge in [0.05, 0.1) is 0 Å². The molecule has 0 saturated carbocycles. The molecule has 0 radical (unpaired) electrons. The molecule has 0 N–H and O–H groups in total. The zero-order valence-corrected chi connectivity index (χ0v) is 10.9. The van der Waals surface area contributed by atoms with Gasteiger partial charge in [-0.25, -0.2) is 0 Å². The molecule has 2 aromatic rings. The van der Waals surface area contributed by atoms with Crippen LogP contribution in [-0.2, 0) is 12.0 Å². The average molecular weight is 238 g/mol. The fourth-order valence-electron chi connectivity index (χ4n) is 2.82. The van der Waals surface area contributed by atoms with Gasteiger partial charge in [0.2, 0.25) is 0 Å². The molecule has 2 heterocycles. The predicted octanol–water partition coefficient (Wildman–Crippen LogP) is 3.38. The lowest BCUT2D eigenvalue weighted by Gasteiger charge is -2.22. The third-order valence-electron chi connectivity index (χ3n) is 3.68. The van der Waals surface area contributed by atoms with Gasteiger partial charge >= 0.3 is 0 Å². The normalized spacial score (nSPS) is 16.7. The van der Waals surface area contributed by atoms with Gasteiger partial charge < -0.3 is 4.90 Å². The second-order valence-corrected chi connectivity index (χ2v) is 5.61. The maximum Gasteiger partial charge on any atom is 0.0431 e. The molecule has 2 heteroatoms. The number of hydrogen-bond donors (Lipinski definition) is 0. The lowest BCUT2D eigenvalue weighted by molar-refractivity contribution is 0.550. The van der Waals surface area contributed by atoms with Gasteiger partial charge in [-0.2, -0.15) is 0 Å². The van der Waals surface area contributed by atoms with Gasteiger partial charge in [-0.3, -0.25) is 4.98 Å². The Hall–Kier alpha value is -1.83. The minimum absolute atomic E-state index is 0.240. The van der Waals surface area contributed by atoms with E-state index in [1.165, 1.54) is 16.8 Å². The molecule has 0 aliphatic carbocycles. The second-order valence-electron chi connectivity index (χ2n) is 5.61. The molecule has 0 amide bonds. The van der Waals surface area contributed by atoms with Gasteiger partial charge in [0, 0.05) is 36.6 Å². The van der Waals surface area contributed by atoms with Gasteiger partial charge in [0.25, 0.3) is 0 Å². The molecule has 18 heavy (non-hydrogen) atoms. The van der Waals surface area contributed by atoms with Crippen LogP contribution in [0.4, 0.5) is 5.69 Å². The lowest BCUT2D eigenvalue weighted by atomic mass is 9.87. The highest BCUT2D eigenvalue weighted by molar-refractivity contribution is 5.62. The molecule has 0 bridgehead atoms. The first kappa shape index (κ1) is 11.3. The van der Waals surface area contributed by atoms with Crippen LogP contribution >= 0.6 is 0 Å². The summed E-state index contributed by atoms with van der Waals surface area (Å²) in [5.74, 6) is 0. The Labute approximate surface area is 108 Å². The smallest absolute Gasteiger partial charge is 0.0431 e. The summed E-state index contributed by atoms with van der Waals surface area (Å²) >= 11 is 0. The number of hydrogen-bond acceptors (Lipinski definition) is 2. The first-order chi connectivity index (χ1) is 8.67. The molecule has 1 aliphatic heterocycles. The molecule has 0 unspecified atom stereocenters. The van der Waals surface area contributed by atoms with Gasteiger partial charge in [0.1, 0.15) is 0 Å². The van der Waals surface area contributed by atoms with E-state index >= 15 is 0 Å². The Morgan fingerprint density at radius 2 is 1.83 bits per heavy atom. The molecule has 0 atom stereocenters. The second kappa shape index (κ2) is 4.13. The van der Waals surface area contributed by atoms with Crippen molar-refractivity contribution in [2.45, 2.75) is 25.8 Å². The van der Waals surface area contributed by atoms with E-state index < -0.39 is 0 Å². The highest BCUT2D eigenvalue weighted by Crippen LogP contribution is 2.40. The fourth-order valence-corrected chi connectivity index (χ4v) is 2.82. The van der Waals surface area contributed by atoms with Gasteiger partial charge in [0.15, 0.2) is 0 Å². The average Bonchev–Trinajstić information content (AvgIpc) is 2.63. The van der Waals surface area contributed by atoms with Crippen LogP contribution in [0, 0.1) is 0 Å². The van der Waals surface area contributed by atoms with Crippen molar-refractivity contribution in [1.29, 1.82) is 0 Å². The fraction of sp³-hybridized carbons (Fsp3) is 0.312. The quantitative estimate of drug-likeness (QED) is 0.797. The van der Waals surface area contributed by atoms with Crippen LogP contribution < -0.4 is 4.90 Å². The number of rotatable bonds is 2. The van der Waals surface area contributed by atoms with Gasteiger partial charge in [-0.1, -0.05) is 32.0 Å². The number of benzene rings is 1. The monoisotopic (exact) mass is 238 g/mol. The molecule has 1 aliphatic rings. The maximum atomic E-state index is 4.07. The number of aromatic nitrogens is 1. The predicted molar refractivity (Wildman–Crippen MR) is 74.8 cm³/mol.